The molecule has 0 amide bonds. The van der Waals surface area contributed by atoms with E-state index in [9.17, 15) is 0 Å². The van der Waals surface area contributed by atoms with Crippen molar-refractivity contribution in [1.29, 1.82) is 0 Å². The Morgan fingerprint density at radius 3 is 3.00 bits per heavy atom. The minimum Gasteiger partial charge on any atom is -0.352 e. The Hall–Kier alpha value is -1.25. The summed E-state index contributed by atoms with van der Waals surface area (Å²) in [7, 11) is 0. The van der Waals surface area contributed by atoms with E-state index < -0.39 is 0 Å². The highest BCUT2D eigenvalue weighted by molar-refractivity contribution is 5.30. The zero-order valence-electron chi connectivity index (χ0n) is 10.9. The summed E-state index contributed by atoms with van der Waals surface area (Å²) >= 11 is 0. The summed E-state index contributed by atoms with van der Waals surface area (Å²) in [6.07, 6.45) is 9.38. The lowest BCUT2D eigenvalue weighted by Crippen LogP contribution is -2.22. The molecule has 1 aromatic rings. The minimum absolute atomic E-state index is 0.609. The number of hydrogen-bond donors (Lipinski definition) is 1. The lowest BCUT2D eigenvalue weighted by molar-refractivity contribution is 0.259. The summed E-state index contributed by atoms with van der Waals surface area (Å²) in [5, 5.41) is 3.34. The molecule has 0 spiro atoms. The van der Waals surface area contributed by atoms with Crippen LogP contribution in [0, 0.1) is 12.8 Å². The Kier molecular flexibility index (Phi) is 3.87. The largest absolute Gasteiger partial charge is 0.352 e. The number of rotatable bonds is 4. The van der Waals surface area contributed by atoms with Crippen molar-refractivity contribution in [2.24, 2.45) is 5.92 Å². The van der Waals surface area contributed by atoms with Crippen LogP contribution in [0.4, 0.5) is 5.95 Å². The molecule has 94 valence electrons. The molecule has 1 fully saturated rings. The van der Waals surface area contributed by atoms with Gasteiger partial charge in [-0.25, -0.2) is 4.98 Å². The zero-order chi connectivity index (χ0) is 12.3. The molecule has 0 aromatic carbocycles. The van der Waals surface area contributed by atoms with E-state index in [-0.39, 0.29) is 0 Å². The summed E-state index contributed by atoms with van der Waals surface area (Å²) in [5.41, 5.74) is 1.09. The Morgan fingerprint density at radius 2 is 2.29 bits per heavy atom. The predicted molar refractivity (Wildman–Crippen MR) is 72.3 cm³/mol. The maximum absolute atomic E-state index is 4.56. The number of nitrogens with zero attached hydrogens (tertiary/aromatic N) is 2. The predicted octanol–water partition coefficient (Wildman–Crippen LogP) is 3.54. The molecular formula is C14H23N3. The number of nitrogens with one attached hydrogen (secondary N) is 1. The van der Waals surface area contributed by atoms with Gasteiger partial charge in [0.25, 0.3) is 0 Å². The first kappa shape index (κ1) is 12.2. The van der Waals surface area contributed by atoms with Crippen LogP contribution in [0.15, 0.2) is 18.9 Å². The molecule has 17 heavy (non-hydrogen) atoms. The number of hydrogen-bond acceptors (Lipinski definition) is 2. The van der Waals surface area contributed by atoms with Crippen molar-refractivity contribution in [3.63, 3.8) is 0 Å². The van der Waals surface area contributed by atoms with Crippen molar-refractivity contribution in [1.82, 2.24) is 9.55 Å². The van der Waals surface area contributed by atoms with Crippen molar-refractivity contribution in [3.8, 4) is 0 Å². The smallest absolute Gasteiger partial charge is 0.203 e. The maximum Gasteiger partial charge on any atom is 0.203 e. The zero-order valence-corrected chi connectivity index (χ0v) is 10.9. The molecule has 0 aliphatic heterocycles. The van der Waals surface area contributed by atoms with Crippen LogP contribution in [0.1, 0.15) is 44.3 Å². The maximum atomic E-state index is 4.56. The molecular weight excluding hydrogens is 210 g/mol. The van der Waals surface area contributed by atoms with Gasteiger partial charge in [-0.3, -0.25) is 0 Å². The number of imidazole rings is 1. The Bertz CT molecular complexity index is 381. The Balaban J connectivity index is 2.20. The standard InChI is InChI=1S/C14H23N3/c1-4-9-15-14-16-12(3)10-17(14)13-8-6-5-7-11(13)2/h4,10-11,13H,1,5-9H2,2-3H3,(H,15,16). The second-order valence-electron chi connectivity index (χ2n) is 5.11. The van der Waals surface area contributed by atoms with Crippen molar-refractivity contribution < 1.29 is 0 Å². The molecule has 1 aliphatic rings. The first-order valence-corrected chi connectivity index (χ1v) is 6.62. The van der Waals surface area contributed by atoms with Crippen LogP contribution in [0.3, 0.4) is 0 Å². The van der Waals surface area contributed by atoms with Crippen LogP contribution in [0.25, 0.3) is 0 Å². The van der Waals surface area contributed by atoms with Gasteiger partial charge in [0.1, 0.15) is 0 Å². The molecule has 1 aromatic heterocycles. The summed E-state index contributed by atoms with van der Waals surface area (Å²) in [4.78, 5) is 4.56. The fourth-order valence-electron chi connectivity index (χ4n) is 2.77. The van der Waals surface area contributed by atoms with E-state index in [4.69, 9.17) is 0 Å². The molecule has 2 rings (SSSR count). The van der Waals surface area contributed by atoms with E-state index in [1.165, 1.54) is 25.7 Å². The van der Waals surface area contributed by atoms with Gasteiger partial charge in [-0.15, -0.1) is 6.58 Å². The highest BCUT2D eigenvalue weighted by Crippen LogP contribution is 2.35. The number of anilines is 1. The second kappa shape index (κ2) is 5.39. The molecule has 1 N–H and O–H groups in total. The third-order valence-electron chi connectivity index (χ3n) is 3.68. The monoisotopic (exact) mass is 233 g/mol. The molecule has 3 heteroatoms. The average Bonchev–Trinajstić information content (AvgIpc) is 2.68. The van der Waals surface area contributed by atoms with Crippen molar-refractivity contribution in [2.45, 2.75) is 45.6 Å². The molecule has 2 atom stereocenters. The third-order valence-corrected chi connectivity index (χ3v) is 3.68. The lowest BCUT2D eigenvalue weighted by atomic mass is 9.86. The first-order valence-electron chi connectivity index (χ1n) is 6.62. The SMILES string of the molecule is C=CCNc1nc(C)cn1C1CCCCC1C. The summed E-state index contributed by atoms with van der Waals surface area (Å²) in [5.74, 6) is 1.75. The van der Waals surface area contributed by atoms with Gasteiger partial charge < -0.3 is 9.88 Å². The van der Waals surface area contributed by atoms with Crippen molar-refractivity contribution >= 4 is 5.95 Å². The van der Waals surface area contributed by atoms with Gasteiger partial charge in [0.15, 0.2) is 0 Å². The molecule has 1 saturated carbocycles. The molecule has 0 radical (unpaired) electrons. The summed E-state index contributed by atoms with van der Waals surface area (Å²) in [6.45, 7) is 8.93. The lowest BCUT2D eigenvalue weighted by Gasteiger charge is -2.30. The van der Waals surface area contributed by atoms with Gasteiger partial charge in [-0.05, 0) is 25.7 Å². The highest BCUT2D eigenvalue weighted by atomic mass is 15.2. The van der Waals surface area contributed by atoms with Gasteiger partial charge in [0, 0.05) is 18.8 Å². The summed E-state index contributed by atoms with van der Waals surface area (Å²) in [6, 6.07) is 0.609. The van der Waals surface area contributed by atoms with Gasteiger partial charge in [0.05, 0.1) is 5.69 Å². The Morgan fingerprint density at radius 1 is 1.53 bits per heavy atom. The molecule has 0 saturated heterocycles. The van der Waals surface area contributed by atoms with E-state index in [1.54, 1.807) is 0 Å². The van der Waals surface area contributed by atoms with Crippen LogP contribution in [-0.2, 0) is 0 Å². The topological polar surface area (TPSA) is 29.9 Å². The van der Waals surface area contributed by atoms with Crippen LogP contribution in [0.5, 0.6) is 0 Å². The minimum atomic E-state index is 0.609. The van der Waals surface area contributed by atoms with E-state index in [2.05, 4.69) is 41.5 Å². The van der Waals surface area contributed by atoms with Crippen molar-refractivity contribution in [2.75, 3.05) is 11.9 Å². The van der Waals surface area contributed by atoms with Gasteiger partial charge >= 0.3 is 0 Å². The highest BCUT2D eigenvalue weighted by Gasteiger charge is 2.24. The first-order chi connectivity index (χ1) is 8.22. The van der Waals surface area contributed by atoms with Crippen LogP contribution >= 0.6 is 0 Å². The molecule has 1 heterocycles. The van der Waals surface area contributed by atoms with Gasteiger partial charge in [-0.2, -0.15) is 0 Å². The third kappa shape index (κ3) is 2.71. The fourth-order valence-corrected chi connectivity index (χ4v) is 2.77. The molecule has 2 unspecified atom stereocenters. The Labute approximate surface area is 104 Å². The van der Waals surface area contributed by atoms with Gasteiger partial charge in [0.2, 0.25) is 5.95 Å². The van der Waals surface area contributed by atoms with Crippen molar-refractivity contribution in [3.05, 3.63) is 24.5 Å². The quantitative estimate of drug-likeness (QED) is 0.806. The number of aromatic nitrogens is 2. The second-order valence-corrected chi connectivity index (χ2v) is 5.11. The molecule has 1 aliphatic carbocycles. The van der Waals surface area contributed by atoms with E-state index in [0.29, 0.717) is 6.04 Å². The van der Waals surface area contributed by atoms with Crippen LogP contribution in [0.2, 0.25) is 0 Å². The normalized spacial score (nSPS) is 24.6. The van der Waals surface area contributed by atoms with E-state index in [0.717, 1.165) is 24.1 Å². The van der Waals surface area contributed by atoms with E-state index in [1.807, 2.05) is 6.08 Å². The van der Waals surface area contributed by atoms with E-state index >= 15 is 0 Å². The molecule has 3 nitrogen and oxygen atoms in total. The van der Waals surface area contributed by atoms with Crippen LogP contribution in [-0.4, -0.2) is 16.1 Å². The molecule has 0 bridgehead atoms. The average molecular weight is 233 g/mol. The number of aryl methyl sites for hydroxylation is 1. The van der Waals surface area contributed by atoms with Crippen LogP contribution < -0.4 is 5.32 Å². The summed E-state index contributed by atoms with van der Waals surface area (Å²) < 4.78 is 2.34. The van der Waals surface area contributed by atoms with Gasteiger partial charge in [-0.1, -0.05) is 25.8 Å². The fraction of sp³-hybridized carbons (Fsp3) is 0.643.